The molecule has 32 heavy (non-hydrogen) atoms. The van der Waals surface area contributed by atoms with E-state index in [0.717, 1.165) is 67.7 Å². The fraction of sp³-hybridized carbons (Fsp3) is 0.609. The van der Waals surface area contributed by atoms with Crippen LogP contribution in [0.1, 0.15) is 77.2 Å². The molecule has 178 valence electrons. The molecule has 1 aliphatic rings. The topological polar surface area (TPSA) is 105 Å². The Morgan fingerprint density at radius 3 is 2.50 bits per heavy atom. The number of esters is 1. The third-order valence-corrected chi connectivity index (χ3v) is 6.85. The molecule has 2 N–H and O–H groups in total. The lowest BCUT2D eigenvalue weighted by Gasteiger charge is -2.22. The molecule has 9 heteroatoms. The molecule has 0 aliphatic carbocycles. The van der Waals surface area contributed by atoms with Crippen LogP contribution >= 0.6 is 12.0 Å². The van der Waals surface area contributed by atoms with Crippen LogP contribution in [0.3, 0.4) is 0 Å². The van der Waals surface area contributed by atoms with Crippen LogP contribution in [0.4, 0.5) is 5.69 Å². The average molecular weight is 469 g/mol. The van der Waals surface area contributed by atoms with Gasteiger partial charge >= 0.3 is 11.9 Å². The van der Waals surface area contributed by atoms with E-state index >= 15 is 0 Å². The second-order valence-electron chi connectivity index (χ2n) is 8.32. The van der Waals surface area contributed by atoms with E-state index in [1.165, 1.54) is 18.4 Å². The van der Waals surface area contributed by atoms with Gasteiger partial charge < -0.3 is 9.84 Å². The van der Waals surface area contributed by atoms with Gasteiger partial charge in [0.1, 0.15) is 6.54 Å². The first-order chi connectivity index (χ1) is 15.3. The van der Waals surface area contributed by atoms with Crippen molar-refractivity contribution in [1.82, 2.24) is 0 Å². The van der Waals surface area contributed by atoms with Gasteiger partial charge in [-0.3, -0.25) is 9.59 Å². The number of carbonyl (C=O) groups excluding carboxylic acids is 1. The van der Waals surface area contributed by atoms with E-state index < -0.39 is 5.97 Å². The number of rotatable bonds is 15. The molecule has 2 rings (SSSR count). The van der Waals surface area contributed by atoms with Crippen LogP contribution in [0.25, 0.3) is 0 Å². The van der Waals surface area contributed by atoms with Crippen LogP contribution in [-0.4, -0.2) is 46.2 Å². The highest BCUT2D eigenvalue weighted by molar-refractivity contribution is 7.94. The van der Waals surface area contributed by atoms with Crippen molar-refractivity contribution in [3.05, 3.63) is 23.8 Å². The number of fused-ring (bicyclic) bond motifs is 1. The zero-order valence-corrected chi connectivity index (χ0v) is 19.9. The van der Waals surface area contributed by atoms with E-state index in [4.69, 9.17) is 15.1 Å². The molecular formula is C23H34NO7S+. The molecule has 8 nitrogen and oxygen atoms in total. The summed E-state index contributed by atoms with van der Waals surface area (Å²) in [5, 5.41) is 21.1. The van der Waals surface area contributed by atoms with Crippen molar-refractivity contribution in [3.63, 3.8) is 0 Å². The first kappa shape index (κ1) is 26.3. The zero-order chi connectivity index (χ0) is 23.6. The number of unbranched alkanes of at least 4 members (excludes halogenated alkanes) is 4. The lowest BCUT2D eigenvalue weighted by molar-refractivity contribution is -0.439. The summed E-state index contributed by atoms with van der Waals surface area (Å²) in [5.41, 5.74) is 3.44. The second kappa shape index (κ2) is 12.9. The molecule has 0 saturated carbocycles. The Kier molecular flexibility index (Phi) is 10.6. The van der Waals surface area contributed by atoms with Crippen LogP contribution in [0, 0.1) is 0 Å². The zero-order valence-electron chi connectivity index (χ0n) is 19.1. The van der Waals surface area contributed by atoms with Gasteiger partial charge in [0.05, 0.1) is 24.6 Å². The van der Waals surface area contributed by atoms with Gasteiger partial charge in [-0.1, -0.05) is 17.9 Å². The van der Waals surface area contributed by atoms with E-state index in [0.29, 0.717) is 12.8 Å². The summed E-state index contributed by atoms with van der Waals surface area (Å²) in [7, 11) is 1.41. The van der Waals surface area contributed by atoms with Gasteiger partial charge in [0, 0.05) is 42.7 Å². The molecule has 1 aromatic rings. The summed E-state index contributed by atoms with van der Waals surface area (Å²) in [6, 6.07) is 6.05. The largest absolute Gasteiger partial charge is 0.481 e. The fourth-order valence-corrected chi connectivity index (χ4v) is 4.72. The molecule has 0 aromatic heterocycles. The number of nitrogens with zero attached hydrogens (tertiary/aromatic N) is 1. The minimum absolute atomic E-state index is 0.168. The number of aliphatic carboxylic acids is 1. The van der Waals surface area contributed by atoms with Gasteiger partial charge in [0.2, 0.25) is 5.69 Å². The molecule has 0 amide bonds. The summed E-state index contributed by atoms with van der Waals surface area (Å²) in [4.78, 5) is 22.9. The van der Waals surface area contributed by atoms with Crippen molar-refractivity contribution in [2.24, 2.45) is 0 Å². The number of hydrogen-bond donors (Lipinski definition) is 2. The van der Waals surface area contributed by atoms with Crippen molar-refractivity contribution in [2.75, 3.05) is 13.7 Å². The Morgan fingerprint density at radius 1 is 1.09 bits per heavy atom. The third kappa shape index (κ3) is 7.03. The van der Waals surface area contributed by atoms with Crippen LogP contribution in [-0.2, 0) is 29.1 Å². The van der Waals surface area contributed by atoms with Gasteiger partial charge in [-0.2, -0.15) is 4.58 Å². The summed E-state index contributed by atoms with van der Waals surface area (Å²) in [6.07, 6.45) is 6.77. The summed E-state index contributed by atoms with van der Waals surface area (Å²) >= 11 is 0.947. The SMILES string of the molecule is COC(=O)CCCCCC1(C)C(C)=[N+](CCCCCC(=O)O)c2ccc(SOOO)cc21. The minimum Gasteiger partial charge on any atom is -0.481 e. The Balaban J connectivity index is 2.13. The molecular weight excluding hydrogens is 434 g/mol. The smallest absolute Gasteiger partial charge is 0.305 e. The Morgan fingerprint density at radius 2 is 1.81 bits per heavy atom. The average Bonchev–Trinajstić information content (AvgIpc) is 2.98. The van der Waals surface area contributed by atoms with Gasteiger partial charge in [-0.25, -0.2) is 5.26 Å². The molecule has 1 unspecified atom stereocenters. The van der Waals surface area contributed by atoms with Crippen LogP contribution in [0.15, 0.2) is 23.1 Å². The summed E-state index contributed by atoms with van der Waals surface area (Å²) in [5.74, 6) is -0.926. The Labute approximate surface area is 193 Å². The molecule has 0 fully saturated rings. The summed E-state index contributed by atoms with van der Waals surface area (Å²) in [6.45, 7) is 5.23. The maximum absolute atomic E-state index is 11.4. The van der Waals surface area contributed by atoms with E-state index in [1.54, 1.807) is 0 Å². The molecule has 1 aromatic carbocycles. The number of methoxy groups -OCH3 is 1. The monoisotopic (exact) mass is 468 g/mol. The third-order valence-electron chi connectivity index (χ3n) is 6.28. The standard InChI is InChI=1S/C23H33NO7S/c1-17-23(2,14-8-4-7-11-22(27)29-3)19-16-18(32-31-30-28)12-13-20(19)24(17)15-9-5-6-10-21(25)26/h12-13,16H,4-11,14-15H2,1-3H3,(H-,25,26,28)/p+1. The minimum atomic E-state index is -0.752. The van der Waals surface area contributed by atoms with Crippen molar-refractivity contribution in [3.8, 4) is 0 Å². The summed E-state index contributed by atoms with van der Waals surface area (Å²) < 4.78 is 11.7. The van der Waals surface area contributed by atoms with E-state index in [2.05, 4.69) is 39.9 Å². The van der Waals surface area contributed by atoms with Crippen LogP contribution < -0.4 is 0 Å². The first-order valence-electron chi connectivity index (χ1n) is 11.0. The molecule has 1 atom stereocenters. The Hall–Kier alpha value is -1.94. The van der Waals surface area contributed by atoms with Crippen molar-refractivity contribution in [2.45, 2.75) is 81.9 Å². The number of benzene rings is 1. The first-order valence-corrected chi connectivity index (χ1v) is 11.8. The molecule has 1 heterocycles. The second-order valence-corrected chi connectivity index (χ2v) is 9.09. The number of carboxylic acids is 1. The van der Waals surface area contributed by atoms with Gasteiger partial charge in [0.25, 0.3) is 0 Å². The predicted octanol–water partition coefficient (Wildman–Crippen LogP) is 5.26. The molecule has 1 aliphatic heterocycles. The number of hydrogen-bond acceptors (Lipinski definition) is 7. The highest BCUT2D eigenvalue weighted by Gasteiger charge is 2.45. The van der Waals surface area contributed by atoms with E-state index in [9.17, 15) is 9.59 Å². The fourth-order valence-electron chi connectivity index (χ4n) is 4.33. The van der Waals surface area contributed by atoms with Crippen LogP contribution in [0.2, 0.25) is 0 Å². The van der Waals surface area contributed by atoms with Gasteiger partial charge in [-0.15, -0.1) is 4.33 Å². The lowest BCUT2D eigenvalue weighted by atomic mass is 9.76. The highest BCUT2D eigenvalue weighted by atomic mass is 32.2. The molecule has 0 saturated heterocycles. The maximum atomic E-state index is 11.4. The normalized spacial score (nSPS) is 17.5. The number of carbonyl (C=O) groups is 2. The quantitative estimate of drug-likeness (QED) is 0.0897. The van der Waals surface area contributed by atoms with Gasteiger partial charge in [-0.05, 0) is 44.7 Å². The Bertz CT molecular complexity index is 827. The van der Waals surface area contributed by atoms with Gasteiger partial charge in [0.15, 0.2) is 5.71 Å². The number of carboxylic acid groups (broad SMARTS) is 1. The molecule has 0 bridgehead atoms. The molecule has 0 radical (unpaired) electrons. The molecule has 0 spiro atoms. The van der Waals surface area contributed by atoms with Crippen molar-refractivity contribution < 1.29 is 38.6 Å². The van der Waals surface area contributed by atoms with Crippen LogP contribution in [0.5, 0.6) is 0 Å². The van der Waals surface area contributed by atoms with Crippen molar-refractivity contribution in [1.29, 1.82) is 0 Å². The van der Waals surface area contributed by atoms with Crippen molar-refractivity contribution >= 4 is 35.4 Å². The lowest BCUT2D eigenvalue weighted by Crippen LogP contribution is -2.30. The number of ether oxygens (including phenoxy) is 1. The van der Waals surface area contributed by atoms with E-state index in [-0.39, 0.29) is 17.8 Å². The highest BCUT2D eigenvalue weighted by Crippen LogP contribution is 2.44. The van der Waals surface area contributed by atoms with E-state index in [1.807, 2.05) is 6.07 Å². The predicted molar refractivity (Wildman–Crippen MR) is 121 cm³/mol. The maximum Gasteiger partial charge on any atom is 0.305 e.